The smallest absolute Gasteiger partial charge is 0.292 e. The van der Waals surface area contributed by atoms with Crippen molar-refractivity contribution in [2.45, 2.75) is 13.0 Å². The van der Waals surface area contributed by atoms with Gasteiger partial charge in [0, 0.05) is 12.1 Å². The Balaban J connectivity index is 2.04. The second-order valence-electron chi connectivity index (χ2n) is 5.59. The number of nitro benzene ring substituents is 1. The zero-order valence-electron chi connectivity index (χ0n) is 13.7. The lowest BCUT2D eigenvalue weighted by molar-refractivity contribution is -0.383. The monoisotopic (exact) mass is 349 g/mol. The predicted octanol–water partition coefficient (Wildman–Crippen LogP) is 3.50. The quantitative estimate of drug-likeness (QED) is 0.640. The fourth-order valence-electron chi connectivity index (χ4n) is 2.32. The van der Waals surface area contributed by atoms with Crippen molar-refractivity contribution in [1.29, 1.82) is 0 Å². The van der Waals surface area contributed by atoms with E-state index in [2.05, 4.69) is 5.32 Å². The minimum Gasteiger partial charge on any atom is -0.319 e. The van der Waals surface area contributed by atoms with Crippen molar-refractivity contribution < 1.29 is 18.5 Å². The van der Waals surface area contributed by atoms with E-state index in [0.717, 1.165) is 12.1 Å². The molecule has 1 amide bonds. The zero-order valence-corrected chi connectivity index (χ0v) is 13.7. The van der Waals surface area contributed by atoms with Gasteiger partial charge >= 0.3 is 0 Å². The second kappa shape index (κ2) is 7.80. The summed E-state index contributed by atoms with van der Waals surface area (Å²) in [5.41, 5.74) is 0.415. The van der Waals surface area contributed by atoms with Crippen LogP contribution < -0.4 is 5.32 Å². The minimum absolute atomic E-state index is 0.0772. The summed E-state index contributed by atoms with van der Waals surface area (Å²) in [7, 11) is 1.64. The number of carbonyl (C=O) groups excluding carboxylic acids is 1. The molecule has 0 saturated heterocycles. The molecule has 1 atom stereocenters. The number of nitrogens with zero attached hydrogens (tertiary/aromatic N) is 2. The first kappa shape index (κ1) is 18.5. The first-order chi connectivity index (χ1) is 11.8. The van der Waals surface area contributed by atoms with Crippen LogP contribution in [-0.4, -0.2) is 29.3 Å². The lowest BCUT2D eigenvalue weighted by atomic mass is 10.1. The van der Waals surface area contributed by atoms with E-state index in [1.165, 1.54) is 24.3 Å². The SMILES string of the molecule is CC(c1ccc(F)c(F)c1)N(C)CC(=O)Nc1ccccc1[N+](=O)[O-]. The maximum Gasteiger partial charge on any atom is 0.292 e. The Kier molecular flexibility index (Phi) is 5.76. The van der Waals surface area contributed by atoms with Gasteiger partial charge in [0.25, 0.3) is 5.69 Å². The summed E-state index contributed by atoms with van der Waals surface area (Å²) >= 11 is 0. The number of nitro groups is 1. The van der Waals surface area contributed by atoms with Crippen LogP contribution in [0.2, 0.25) is 0 Å². The van der Waals surface area contributed by atoms with Gasteiger partial charge < -0.3 is 5.32 Å². The van der Waals surface area contributed by atoms with Crippen molar-refractivity contribution in [1.82, 2.24) is 4.90 Å². The van der Waals surface area contributed by atoms with Gasteiger partial charge in [0.2, 0.25) is 5.91 Å². The van der Waals surface area contributed by atoms with Crippen molar-refractivity contribution in [2.75, 3.05) is 18.9 Å². The summed E-state index contributed by atoms with van der Waals surface area (Å²) in [5, 5.41) is 13.4. The first-order valence-corrected chi connectivity index (χ1v) is 7.48. The molecule has 1 unspecified atom stereocenters. The number of anilines is 1. The van der Waals surface area contributed by atoms with Crippen LogP contribution in [0.15, 0.2) is 42.5 Å². The highest BCUT2D eigenvalue weighted by molar-refractivity contribution is 5.94. The number of amides is 1. The number of likely N-dealkylation sites (N-methyl/N-ethyl adjacent to an activating group) is 1. The van der Waals surface area contributed by atoms with E-state index in [9.17, 15) is 23.7 Å². The number of rotatable bonds is 6. The Morgan fingerprint density at radius 2 is 1.92 bits per heavy atom. The molecule has 0 aliphatic carbocycles. The number of nitrogens with one attached hydrogen (secondary N) is 1. The molecule has 0 aliphatic heterocycles. The van der Waals surface area contributed by atoms with Crippen LogP contribution in [0.5, 0.6) is 0 Å². The number of carbonyl (C=O) groups is 1. The third kappa shape index (κ3) is 4.57. The maximum atomic E-state index is 13.3. The normalized spacial score (nSPS) is 12.0. The van der Waals surface area contributed by atoms with Crippen LogP contribution in [0.4, 0.5) is 20.2 Å². The molecule has 2 rings (SSSR count). The Hall–Kier alpha value is -2.87. The molecule has 0 heterocycles. The summed E-state index contributed by atoms with van der Waals surface area (Å²) < 4.78 is 26.3. The average molecular weight is 349 g/mol. The highest BCUT2D eigenvalue weighted by atomic mass is 19.2. The molecule has 2 aromatic rings. The van der Waals surface area contributed by atoms with E-state index in [-0.39, 0.29) is 24.0 Å². The largest absolute Gasteiger partial charge is 0.319 e. The van der Waals surface area contributed by atoms with Gasteiger partial charge in [-0.25, -0.2) is 8.78 Å². The molecule has 0 fully saturated rings. The van der Waals surface area contributed by atoms with Gasteiger partial charge in [0.1, 0.15) is 5.69 Å². The van der Waals surface area contributed by atoms with E-state index < -0.39 is 22.5 Å². The summed E-state index contributed by atoms with van der Waals surface area (Å²) in [4.78, 5) is 24.1. The molecule has 132 valence electrons. The molecule has 6 nitrogen and oxygen atoms in total. The standard InChI is InChI=1S/C17H17F2N3O3/c1-11(12-7-8-13(18)14(19)9-12)21(2)10-17(23)20-15-5-3-4-6-16(15)22(24)25/h3-9,11H,10H2,1-2H3,(H,20,23). The van der Waals surface area contributed by atoms with E-state index in [0.29, 0.717) is 5.56 Å². The van der Waals surface area contributed by atoms with Gasteiger partial charge in [0.05, 0.1) is 11.5 Å². The highest BCUT2D eigenvalue weighted by Crippen LogP contribution is 2.24. The second-order valence-corrected chi connectivity index (χ2v) is 5.59. The molecular weight excluding hydrogens is 332 g/mol. The third-order valence-electron chi connectivity index (χ3n) is 3.86. The van der Waals surface area contributed by atoms with Gasteiger partial charge in [-0.3, -0.25) is 19.8 Å². The molecular formula is C17H17F2N3O3. The molecule has 0 spiro atoms. The van der Waals surface area contributed by atoms with Crippen LogP contribution in [0.1, 0.15) is 18.5 Å². The Morgan fingerprint density at radius 1 is 1.24 bits per heavy atom. The summed E-state index contributed by atoms with van der Waals surface area (Å²) in [5.74, 6) is -2.35. The molecule has 0 aliphatic rings. The number of para-hydroxylation sites is 2. The third-order valence-corrected chi connectivity index (χ3v) is 3.86. The number of benzene rings is 2. The molecule has 25 heavy (non-hydrogen) atoms. The van der Waals surface area contributed by atoms with Crippen LogP contribution in [0.3, 0.4) is 0 Å². The summed E-state index contributed by atoms with van der Waals surface area (Å²) in [6.45, 7) is 1.66. The highest BCUT2D eigenvalue weighted by Gasteiger charge is 2.19. The van der Waals surface area contributed by atoms with Gasteiger partial charge in [-0.2, -0.15) is 0 Å². The van der Waals surface area contributed by atoms with Gasteiger partial charge in [-0.15, -0.1) is 0 Å². The van der Waals surface area contributed by atoms with Crippen LogP contribution in [0, 0.1) is 21.7 Å². The summed E-state index contributed by atoms with van der Waals surface area (Å²) in [6.07, 6.45) is 0. The fourth-order valence-corrected chi connectivity index (χ4v) is 2.32. The first-order valence-electron chi connectivity index (χ1n) is 7.48. The Bertz CT molecular complexity index is 798. The van der Waals surface area contributed by atoms with E-state index in [1.807, 2.05) is 0 Å². The van der Waals surface area contributed by atoms with E-state index in [1.54, 1.807) is 24.9 Å². The van der Waals surface area contributed by atoms with Crippen LogP contribution in [-0.2, 0) is 4.79 Å². The number of halogens is 2. The van der Waals surface area contributed by atoms with Gasteiger partial charge in [-0.1, -0.05) is 18.2 Å². The molecule has 8 heteroatoms. The minimum atomic E-state index is -0.956. The Labute approximate surface area is 143 Å². The van der Waals surface area contributed by atoms with Crippen LogP contribution >= 0.6 is 0 Å². The Morgan fingerprint density at radius 3 is 2.56 bits per heavy atom. The van der Waals surface area contributed by atoms with Crippen molar-refractivity contribution in [2.24, 2.45) is 0 Å². The number of hydrogen-bond acceptors (Lipinski definition) is 4. The van der Waals surface area contributed by atoms with Crippen molar-refractivity contribution >= 4 is 17.3 Å². The zero-order chi connectivity index (χ0) is 18.6. The molecule has 0 saturated carbocycles. The van der Waals surface area contributed by atoms with E-state index >= 15 is 0 Å². The molecule has 0 bridgehead atoms. The van der Waals surface area contributed by atoms with Crippen molar-refractivity contribution in [3.8, 4) is 0 Å². The average Bonchev–Trinajstić information content (AvgIpc) is 2.56. The molecule has 0 radical (unpaired) electrons. The van der Waals surface area contributed by atoms with Crippen molar-refractivity contribution in [3.63, 3.8) is 0 Å². The topological polar surface area (TPSA) is 75.5 Å². The molecule has 0 aromatic heterocycles. The van der Waals surface area contributed by atoms with Crippen molar-refractivity contribution in [3.05, 3.63) is 69.8 Å². The predicted molar refractivity (Wildman–Crippen MR) is 89.1 cm³/mol. The summed E-state index contributed by atoms with van der Waals surface area (Å²) in [6, 6.07) is 9.02. The molecule has 1 N–H and O–H groups in total. The lowest BCUT2D eigenvalue weighted by Gasteiger charge is -2.24. The van der Waals surface area contributed by atoms with Gasteiger partial charge in [0.15, 0.2) is 11.6 Å². The molecule has 2 aromatic carbocycles. The number of hydrogen-bond donors (Lipinski definition) is 1. The van der Waals surface area contributed by atoms with E-state index in [4.69, 9.17) is 0 Å². The maximum absolute atomic E-state index is 13.3. The fraction of sp³-hybridized carbons (Fsp3) is 0.235. The van der Waals surface area contributed by atoms with Gasteiger partial charge in [-0.05, 0) is 37.7 Å². The lowest BCUT2D eigenvalue weighted by Crippen LogP contribution is -2.32. The van der Waals surface area contributed by atoms with Crippen LogP contribution in [0.25, 0.3) is 0 Å².